The number of aliphatic imine (C=N–C) groups is 1. The van der Waals surface area contributed by atoms with Crippen molar-refractivity contribution in [2.45, 2.75) is 46.7 Å². The van der Waals surface area contributed by atoms with E-state index in [0.29, 0.717) is 6.54 Å². The van der Waals surface area contributed by atoms with Crippen LogP contribution in [0.1, 0.15) is 46.9 Å². The highest BCUT2D eigenvalue weighted by atomic mass is 15.3. The summed E-state index contributed by atoms with van der Waals surface area (Å²) < 4.78 is 1.97. The normalized spacial score (nSPS) is 12.6. The lowest BCUT2D eigenvalue weighted by atomic mass is 10.0. The third kappa shape index (κ3) is 5.47. The van der Waals surface area contributed by atoms with Gasteiger partial charge in [-0.15, -0.1) is 10.2 Å². The lowest BCUT2D eigenvalue weighted by Crippen LogP contribution is -2.40. The minimum Gasteiger partial charge on any atom is -0.356 e. The fourth-order valence-electron chi connectivity index (χ4n) is 3.47. The van der Waals surface area contributed by atoms with Crippen LogP contribution in [0.3, 0.4) is 0 Å². The van der Waals surface area contributed by atoms with Gasteiger partial charge in [-0.05, 0) is 56.4 Å². The second kappa shape index (κ2) is 10.1. The molecule has 2 N–H and O–H groups in total. The van der Waals surface area contributed by atoms with Gasteiger partial charge in [-0.1, -0.05) is 48.5 Å². The average Bonchev–Trinajstić information content (AvgIpc) is 3.06. The molecule has 0 fully saturated rings. The minimum atomic E-state index is 0.138. The van der Waals surface area contributed by atoms with Gasteiger partial charge in [0.1, 0.15) is 12.4 Å². The molecule has 0 bridgehead atoms. The van der Waals surface area contributed by atoms with Crippen molar-refractivity contribution >= 4 is 5.96 Å². The Morgan fingerprint density at radius 3 is 2.33 bits per heavy atom. The summed E-state index contributed by atoms with van der Waals surface area (Å²) in [5, 5.41) is 15.4. The smallest absolute Gasteiger partial charge is 0.192 e. The maximum Gasteiger partial charge on any atom is 0.192 e. The highest BCUT2D eigenvalue weighted by molar-refractivity contribution is 5.80. The third-order valence-electron chi connectivity index (χ3n) is 5.53. The van der Waals surface area contributed by atoms with E-state index in [1.807, 2.05) is 24.6 Å². The molecule has 1 aromatic heterocycles. The van der Waals surface area contributed by atoms with Gasteiger partial charge in [0.2, 0.25) is 0 Å². The fraction of sp³-hybridized carbons (Fsp3) is 0.375. The Bertz CT molecular complexity index is 970. The molecule has 158 valence electrons. The van der Waals surface area contributed by atoms with E-state index < -0.39 is 0 Å². The summed E-state index contributed by atoms with van der Waals surface area (Å²) in [6, 6.07) is 17.0. The van der Waals surface area contributed by atoms with Crippen molar-refractivity contribution in [3.63, 3.8) is 0 Å². The summed E-state index contributed by atoms with van der Waals surface area (Å²) in [6.07, 6.45) is 0.946. The quantitative estimate of drug-likeness (QED) is 0.465. The van der Waals surface area contributed by atoms with Crippen LogP contribution in [0.15, 0.2) is 53.5 Å². The summed E-state index contributed by atoms with van der Waals surface area (Å²) >= 11 is 0. The Labute approximate surface area is 179 Å². The molecule has 0 aliphatic heterocycles. The molecular formula is C24H32N6. The number of benzene rings is 2. The Kier molecular flexibility index (Phi) is 7.22. The fourth-order valence-corrected chi connectivity index (χ4v) is 3.47. The first-order chi connectivity index (χ1) is 14.5. The first kappa shape index (κ1) is 21.6. The number of aromatic nitrogens is 3. The zero-order valence-electron chi connectivity index (χ0n) is 18.6. The lowest BCUT2D eigenvalue weighted by molar-refractivity contribution is 0.675. The zero-order chi connectivity index (χ0) is 21.5. The van der Waals surface area contributed by atoms with E-state index in [2.05, 4.69) is 84.1 Å². The molecule has 30 heavy (non-hydrogen) atoms. The number of hydrogen-bond donors (Lipinski definition) is 2. The number of rotatable bonds is 7. The van der Waals surface area contributed by atoms with Gasteiger partial charge in [-0.3, -0.25) is 0 Å². The standard InChI is InChI=1S/C24H32N6/c1-17-10-9-11-18(2)22(17)14-15-25-24(26-16-23-29-28-20(4)30(23)5)27-19(3)21-12-7-6-8-13-21/h6-13,19H,14-16H2,1-5H3,(H2,25,26,27). The van der Waals surface area contributed by atoms with Crippen molar-refractivity contribution in [1.29, 1.82) is 0 Å². The maximum absolute atomic E-state index is 4.78. The summed E-state index contributed by atoms with van der Waals surface area (Å²) in [5.41, 5.74) is 5.27. The molecule has 2 aromatic carbocycles. The van der Waals surface area contributed by atoms with Gasteiger partial charge in [0.05, 0.1) is 6.04 Å². The first-order valence-electron chi connectivity index (χ1n) is 10.5. The van der Waals surface area contributed by atoms with Crippen molar-refractivity contribution in [1.82, 2.24) is 25.4 Å². The predicted molar refractivity (Wildman–Crippen MR) is 122 cm³/mol. The number of guanidine groups is 1. The zero-order valence-corrected chi connectivity index (χ0v) is 18.6. The molecule has 0 radical (unpaired) electrons. The first-order valence-corrected chi connectivity index (χ1v) is 10.5. The number of hydrogen-bond acceptors (Lipinski definition) is 3. The molecular weight excluding hydrogens is 372 g/mol. The van der Waals surface area contributed by atoms with Crippen molar-refractivity contribution in [2.24, 2.45) is 12.0 Å². The van der Waals surface area contributed by atoms with Gasteiger partial charge >= 0.3 is 0 Å². The van der Waals surface area contributed by atoms with Crippen LogP contribution in [0.5, 0.6) is 0 Å². The Morgan fingerprint density at radius 1 is 1.00 bits per heavy atom. The van der Waals surface area contributed by atoms with Crippen LogP contribution in [0.4, 0.5) is 0 Å². The van der Waals surface area contributed by atoms with E-state index in [-0.39, 0.29) is 6.04 Å². The number of nitrogens with zero attached hydrogens (tertiary/aromatic N) is 4. The number of aryl methyl sites for hydroxylation is 3. The lowest BCUT2D eigenvalue weighted by Gasteiger charge is -2.19. The van der Waals surface area contributed by atoms with Crippen LogP contribution in [-0.2, 0) is 20.0 Å². The van der Waals surface area contributed by atoms with Gasteiger partial charge in [0, 0.05) is 13.6 Å². The number of nitrogens with one attached hydrogen (secondary N) is 2. The van der Waals surface area contributed by atoms with E-state index in [4.69, 9.17) is 4.99 Å². The van der Waals surface area contributed by atoms with Crippen molar-refractivity contribution in [3.05, 3.63) is 82.4 Å². The van der Waals surface area contributed by atoms with Gasteiger partial charge in [-0.25, -0.2) is 4.99 Å². The second-order valence-corrected chi connectivity index (χ2v) is 7.71. The van der Waals surface area contributed by atoms with Crippen molar-refractivity contribution in [3.8, 4) is 0 Å². The Balaban J connectivity index is 1.71. The second-order valence-electron chi connectivity index (χ2n) is 7.71. The van der Waals surface area contributed by atoms with Crippen molar-refractivity contribution < 1.29 is 0 Å². The third-order valence-corrected chi connectivity index (χ3v) is 5.53. The molecule has 0 aliphatic carbocycles. The van der Waals surface area contributed by atoms with Crippen LogP contribution in [0.2, 0.25) is 0 Å². The topological polar surface area (TPSA) is 67.1 Å². The molecule has 0 aliphatic rings. The van der Waals surface area contributed by atoms with E-state index in [1.54, 1.807) is 0 Å². The summed E-state index contributed by atoms with van der Waals surface area (Å²) in [5.74, 6) is 2.50. The molecule has 3 rings (SSSR count). The molecule has 1 heterocycles. The minimum absolute atomic E-state index is 0.138. The molecule has 1 atom stereocenters. The molecule has 0 spiro atoms. The molecule has 0 saturated heterocycles. The molecule has 6 nitrogen and oxygen atoms in total. The van der Waals surface area contributed by atoms with Crippen LogP contribution >= 0.6 is 0 Å². The molecule has 1 unspecified atom stereocenters. The summed E-state index contributed by atoms with van der Waals surface area (Å²) in [6.45, 7) is 9.70. The Hall–Kier alpha value is -3.15. The molecule has 0 saturated carbocycles. The highest BCUT2D eigenvalue weighted by Crippen LogP contribution is 2.14. The van der Waals surface area contributed by atoms with Crippen LogP contribution < -0.4 is 10.6 Å². The predicted octanol–water partition coefficient (Wildman–Crippen LogP) is 3.78. The van der Waals surface area contributed by atoms with Gasteiger partial charge < -0.3 is 15.2 Å². The van der Waals surface area contributed by atoms with Gasteiger partial charge in [0.25, 0.3) is 0 Å². The summed E-state index contributed by atoms with van der Waals surface area (Å²) in [7, 11) is 1.97. The van der Waals surface area contributed by atoms with Gasteiger partial charge in [-0.2, -0.15) is 0 Å². The highest BCUT2D eigenvalue weighted by Gasteiger charge is 2.10. The van der Waals surface area contributed by atoms with Crippen LogP contribution in [-0.4, -0.2) is 27.3 Å². The Morgan fingerprint density at radius 2 is 1.70 bits per heavy atom. The van der Waals surface area contributed by atoms with E-state index >= 15 is 0 Å². The molecule has 0 amide bonds. The molecule has 3 aromatic rings. The maximum atomic E-state index is 4.78. The van der Waals surface area contributed by atoms with Gasteiger partial charge in [0.15, 0.2) is 11.8 Å². The monoisotopic (exact) mass is 404 g/mol. The largest absolute Gasteiger partial charge is 0.356 e. The van der Waals surface area contributed by atoms with E-state index in [9.17, 15) is 0 Å². The van der Waals surface area contributed by atoms with Crippen molar-refractivity contribution in [2.75, 3.05) is 6.54 Å². The van der Waals surface area contributed by atoms with E-state index in [0.717, 1.165) is 30.6 Å². The average molecular weight is 405 g/mol. The van der Waals surface area contributed by atoms with E-state index in [1.165, 1.54) is 22.3 Å². The molecule has 6 heteroatoms. The van der Waals surface area contributed by atoms with Crippen LogP contribution in [0.25, 0.3) is 0 Å². The summed E-state index contributed by atoms with van der Waals surface area (Å²) in [4.78, 5) is 4.78. The SMILES string of the molecule is Cc1cccc(C)c1CCNC(=NCc1nnc(C)n1C)NC(C)c1ccccc1. The van der Waals surface area contributed by atoms with Crippen LogP contribution in [0, 0.1) is 20.8 Å².